The maximum absolute atomic E-state index is 4.73. The highest BCUT2D eigenvalue weighted by molar-refractivity contribution is 5.82. The normalized spacial score (nSPS) is 11.3. The van der Waals surface area contributed by atoms with Crippen LogP contribution in [0, 0.1) is 0 Å². The molecule has 1 aromatic carbocycles. The molecule has 5 heteroatoms. The average molecular weight is 269 g/mol. The third-order valence-electron chi connectivity index (χ3n) is 3.42. The molecular formula is C15H19N5. The zero-order chi connectivity index (χ0) is 13.9. The summed E-state index contributed by atoms with van der Waals surface area (Å²) in [5.74, 6) is 0. The minimum atomic E-state index is 0.754. The highest BCUT2D eigenvalue weighted by Gasteiger charge is 2.10. The molecule has 0 aliphatic rings. The molecule has 20 heavy (non-hydrogen) atoms. The fraction of sp³-hybridized carbons (Fsp3) is 0.333. The summed E-state index contributed by atoms with van der Waals surface area (Å²) in [7, 11) is 1.94. The lowest BCUT2D eigenvalue weighted by atomic mass is 10.2. The Bertz CT molecular complexity index is 710. The Morgan fingerprint density at radius 2 is 2.10 bits per heavy atom. The standard InChI is InChI=1S/C15H19N5/c1-3-19-10-12(8-17-19)11-20-15-7-5-4-6-13(15)14(18-20)9-16-2/h4-8,10,16H,3,9,11H2,1-2H3. The van der Waals surface area contributed by atoms with Gasteiger partial charge in [0.15, 0.2) is 0 Å². The molecule has 104 valence electrons. The number of fused-ring (bicyclic) bond motifs is 1. The number of hydrogen-bond donors (Lipinski definition) is 1. The van der Waals surface area contributed by atoms with E-state index in [1.165, 1.54) is 16.5 Å². The van der Waals surface area contributed by atoms with Gasteiger partial charge in [-0.05, 0) is 20.0 Å². The predicted molar refractivity (Wildman–Crippen MR) is 79.5 cm³/mol. The average Bonchev–Trinajstić information content (AvgIpc) is 3.06. The molecule has 1 N–H and O–H groups in total. The van der Waals surface area contributed by atoms with E-state index >= 15 is 0 Å². The minimum absolute atomic E-state index is 0.754. The van der Waals surface area contributed by atoms with Crippen molar-refractivity contribution in [3.8, 4) is 0 Å². The summed E-state index contributed by atoms with van der Waals surface area (Å²) < 4.78 is 3.99. The van der Waals surface area contributed by atoms with E-state index in [4.69, 9.17) is 5.10 Å². The first-order valence-electron chi connectivity index (χ1n) is 6.92. The van der Waals surface area contributed by atoms with Gasteiger partial charge in [0.2, 0.25) is 0 Å². The van der Waals surface area contributed by atoms with Gasteiger partial charge in [0.05, 0.1) is 24.0 Å². The van der Waals surface area contributed by atoms with Gasteiger partial charge in [0.25, 0.3) is 0 Å². The number of rotatable bonds is 5. The first-order valence-corrected chi connectivity index (χ1v) is 6.92. The third-order valence-corrected chi connectivity index (χ3v) is 3.42. The van der Waals surface area contributed by atoms with Crippen LogP contribution in [0.5, 0.6) is 0 Å². The van der Waals surface area contributed by atoms with E-state index in [-0.39, 0.29) is 0 Å². The molecule has 0 saturated carbocycles. The van der Waals surface area contributed by atoms with Gasteiger partial charge in [-0.2, -0.15) is 10.2 Å². The van der Waals surface area contributed by atoms with Crippen LogP contribution in [0.1, 0.15) is 18.2 Å². The highest BCUT2D eigenvalue weighted by Crippen LogP contribution is 2.19. The maximum Gasteiger partial charge on any atom is 0.0841 e. The van der Waals surface area contributed by atoms with Gasteiger partial charge in [-0.1, -0.05) is 18.2 Å². The Kier molecular flexibility index (Phi) is 3.52. The van der Waals surface area contributed by atoms with E-state index in [2.05, 4.69) is 52.5 Å². The number of hydrogen-bond acceptors (Lipinski definition) is 3. The van der Waals surface area contributed by atoms with Crippen molar-refractivity contribution in [3.05, 3.63) is 47.9 Å². The largest absolute Gasteiger partial charge is 0.314 e. The molecule has 0 bridgehead atoms. The number of aryl methyl sites for hydroxylation is 1. The van der Waals surface area contributed by atoms with E-state index in [0.717, 1.165) is 25.3 Å². The Labute approximate surface area is 118 Å². The van der Waals surface area contributed by atoms with Crippen molar-refractivity contribution < 1.29 is 0 Å². The van der Waals surface area contributed by atoms with Crippen LogP contribution in [0.3, 0.4) is 0 Å². The Balaban J connectivity index is 1.98. The monoisotopic (exact) mass is 269 g/mol. The van der Waals surface area contributed by atoms with Crippen molar-refractivity contribution in [2.24, 2.45) is 0 Å². The smallest absolute Gasteiger partial charge is 0.0841 e. The topological polar surface area (TPSA) is 47.7 Å². The molecule has 0 atom stereocenters. The lowest BCUT2D eigenvalue weighted by molar-refractivity contribution is 0.654. The molecule has 0 aliphatic carbocycles. The summed E-state index contributed by atoms with van der Waals surface area (Å²) in [4.78, 5) is 0. The zero-order valence-corrected chi connectivity index (χ0v) is 11.9. The molecule has 5 nitrogen and oxygen atoms in total. The van der Waals surface area contributed by atoms with Crippen molar-refractivity contribution in [3.63, 3.8) is 0 Å². The van der Waals surface area contributed by atoms with E-state index in [0.29, 0.717) is 0 Å². The minimum Gasteiger partial charge on any atom is -0.314 e. The van der Waals surface area contributed by atoms with E-state index in [1.54, 1.807) is 0 Å². The van der Waals surface area contributed by atoms with E-state index < -0.39 is 0 Å². The molecular weight excluding hydrogens is 250 g/mol. The Morgan fingerprint density at radius 3 is 2.85 bits per heavy atom. The van der Waals surface area contributed by atoms with E-state index in [9.17, 15) is 0 Å². The van der Waals surface area contributed by atoms with Gasteiger partial charge in [-0.25, -0.2) is 0 Å². The number of benzene rings is 1. The molecule has 3 rings (SSSR count). The Morgan fingerprint density at radius 1 is 1.25 bits per heavy atom. The lowest BCUT2D eigenvalue weighted by Crippen LogP contribution is -2.07. The number of nitrogens with zero attached hydrogens (tertiary/aromatic N) is 4. The highest BCUT2D eigenvalue weighted by atomic mass is 15.3. The van der Waals surface area contributed by atoms with E-state index in [1.807, 2.05) is 17.9 Å². The van der Waals surface area contributed by atoms with Crippen molar-refractivity contribution in [2.45, 2.75) is 26.6 Å². The molecule has 0 radical (unpaired) electrons. The quantitative estimate of drug-likeness (QED) is 0.771. The summed E-state index contributed by atoms with van der Waals surface area (Å²) in [6.45, 7) is 4.52. The van der Waals surface area contributed by atoms with Crippen LogP contribution < -0.4 is 5.32 Å². The summed E-state index contributed by atoms with van der Waals surface area (Å²) in [6, 6.07) is 8.36. The number of aromatic nitrogens is 4. The molecule has 0 spiro atoms. The van der Waals surface area contributed by atoms with Crippen LogP contribution in [0.15, 0.2) is 36.7 Å². The van der Waals surface area contributed by atoms with Gasteiger partial charge in [-0.3, -0.25) is 9.36 Å². The summed E-state index contributed by atoms with van der Waals surface area (Å²) >= 11 is 0. The second kappa shape index (κ2) is 5.46. The summed E-state index contributed by atoms with van der Waals surface area (Å²) in [5, 5.41) is 13.4. The van der Waals surface area contributed by atoms with Crippen LogP contribution in [-0.2, 0) is 19.6 Å². The van der Waals surface area contributed by atoms with Crippen LogP contribution in [0.2, 0.25) is 0 Å². The van der Waals surface area contributed by atoms with Crippen LogP contribution in [0.25, 0.3) is 10.9 Å². The van der Waals surface area contributed by atoms with Crippen LogP contribution in [0.4, 0.5) is 0 Å². The summed E-state index contributed by atoms with van der Waals surface area (Å²) in [5.41, 5.74) is 3.43. The lowest BCUT2D eigenvalue weighted by Gasteiger charge is -2.00. The van der Waals surface area contributed by atoms with Crippen molar-refractivity contribution >= 4 is 10.9 Å². The van der Waals surface area contributed by atoms with Gasteiger partial charge in [0, 0.05) is 30.2 Å². The van der Waals surface area contributed by atoms with Gasteiger partial charge in [0.1, 0.15) is 0 Å². The second-order valence-electron chi connectivity index (χ2n) is 4.86. The molecule has 0 unspecified atom stereocenters. The van der Waals surface area contributed by atoms with Crippen molar-refractivity contribution in [1.29, 1.82) is 0 Å². The fourth-order valence-electron chi connectivity index (χ4n) is 2.45. The maximum atomic E-state index is 4.73. The van der Waals surface area contributed by atoms with Crippen molar-refractivity contribution in [1.82, 2.24) is 24.9 Å². The molecule has 0 fully saturated rings. The number of nitrogens with one attached hydrogen (secondary N) is 1. The second-order valence-corrected chi connectivity index (χ2v) is 4.86. The van der Waals surface area contributed by atoms with Crippen molar-refractivity contribution in [2.75, 3.05) is 7.05 Å². The SMILES string of the molecule is CCn1cc(Cn2nc(CNC)c3ccccc32)cn1. The first-order chi connectivity index (χ1) is 9.81. The Hall–Kier alpha value is -2.14. The molecule has 3 aromatic rings. The molecule has 0 aliphatic heterocycles. The fourth-order valence-corrected chi connectivity index (χ4v) is 2.45. The molecule has 0 amide bonds. The summed E-state index contributed by atoms with van der Waals surface area (Å²) in [6.07, 6.45) is 3.99. The zero-order valence-electron chi connectivity index (χ0n) is 11.9. The molecule has 0 saturated heterocycles. The van der Waals surface area contributed by atoms with Gasteiger partial charge >= 0.3 is 0 Å². The first kappa shape index (κ1) is 12.9. The van der Waals surface area contributed by atoms with Gasteiger partial charge in [-0.15, -0.1) is 0 Å². The van der Waals surface area contributed by atoms with Gasteiger partial charge < -0.3 is 5.32 Å². The number of para-hydroxylation sites is 1. The predicted octanol–water partition coefficient (Wildman–Crippen LogP) is 2.02. The molecule has 2 aromatic heterocycles. The molecule has 2 heterocycles. The van der Waals surface area contributed by atoms with Crippen LogP contribution in [-0.4, -0.2) is 26.6 Å². The van der Waals surface area contributed by atoms with Crippen LogP contribution >= 0.6 is 0 Å². The third kappa shape index (κ3) is 2.32.